The van der Waals surface area contributed by atoms with E-state index in [0.29, 0.717) is 5.69 Å². The van der Waals surface area contributed by atoms with Gasteiger partial charge >= 0.3 is 5.97 Å². The van der Waals surface area contributed by atoms with Crippen LogP contribution in [0.2, 0.25) is 0 Å². The third-order valence-corrected chi connectivity index (χ3v) is 3.61. The van der Waals surface area contributed by atoms with E-state index in [4.69, 9.17) is 10.5 Å². The number of esters is 1. The van der Waals surface area contributed by atoms with E-state index in [2.05, 4.69) is 4.98 Å². The topological polar surface area (TPSA) is 87.2 Å². The van der Waals surface area contributed by atoms with Crippen molar-refractivity contribution in [2.45, 2.75) is 6.10 Å². The fourth-order valence-corrected chi connectivity index (χ4v) is 2.35. The van der Waals surface area contributed by atoms with Crippen LogP contribution in [0.5, 0.6) is 0 Å². The summed E-state index contributed by atoms with van der Waals surface area (Å²) in [5.74, 6) is -2.70. The molecule has 3 rings (SSSR count). The molecule has 0 saturated heterocycles. The molecule has 0 bridgehead atoms. The minimum absolute atomic E-state index is 0.0185. The number of rotatable bonds is 5. The molecular weight excluding hydrogens is 344 g/mol. The Morgan fingerprint density at radius 2 is 1.58 bits per heavy atom. The SMILES string of the molecule is NC(=O)[C@H](OC(=O)c1cncn1-c1ccc(F)cc1)c1ccc(F)cc1. The molecule has 0 aliphatic carbocycles. The van der Waals surface area contributed by atoms with Gasteiger partial charge in [0.2, 0.25) is 6.10 Å². The van der Waals surface area contributed by atoms with Gasteiger partial charge in [-0.05, 0) is 36.4 Å². The molecule has 1 aromatic heterocycles. The van der Waals surface area contributed by atoms with Crippen LogP contribution in [-0.2, 0) is 9.53 Å². The Morgan fingerprint density at radius 3 is 2.15 bits per heavy atom. The lowest BCUT2D eigenvalue weighted by molar-refractivity contribution is -0.127. The van der Waals surface area contributed by atoms with E-state index in [1.54, 1.807) is 0 Å². The molecule has 6 nitrogen and oxygen atoms in total. The summed E-state index contributed by atoms with van der Waals surface area (Å²) < 4.78 is 32.7. The molecule has 1 heterocycles. The zero-order valence-electron chi connectivity index (χ0n) is 13.3. The predicted molar refractivity (Wildman–Crippen MR) is 87.3 cm³/mol. The molecule has 0 saturated carbocycles. The van der Waals surface area contributed by atoms with Gasteiger partial charge in [-0.1, -0.05) is 12.1 Å². The number of aromatic nitrogens is 2. The quantitative estimate of drug-likeness (QED) is 0.711. The van der Waals surface area contributed by atoms with Crippen LogP contribution in [0.15, 0.2) is 61.1 Å². The van der Waals surface area contributed by atoms with Gasteiger partial charge in [-0.3, -0.25) is 9.36 Å². The van der Waals surface area contributed by atoms with Gasteiger partial charge < -0.3 is 10.5 Å². The van der Waals surface area contributed by atoms with Crippen LogP contribution in [0.3, 0.4) is 0 Å². The van der Waals surface area contributed by atoms with Gasteiger partial charge in [-0.2, -0.15) is 0 Å². The maximum Gasteiger partial charge on any atom is 0.358 e. The number of primary amides is 1. The minimum atomic E-state index is -1.39. The van der Waals surface area contributed by atoms with Crippen molar-refractivity contribution in [1.82, 2.24) is 9.55 Å². The molecule has 8 heteroatoms. The number of imidazole rings is 1. The van der Waals surface area contributed by atoms with E-state index in [-0.39, 0.29) is 11.3 Å². The molecule has 2 N–H and O–H groups in total. The average Bonchev–Trinajstić information content (AvgIpc) is 3.10. The fraction of sp³-hybridized carbons (Fsp3) is 0.0556. The van der Waals surface area contributed by atoms with Crippen LogP contribution in [0.25, 0.3) is 5.69 Å². The van der Waals surface area contributed by atoms with Gasteiger partial charge in [-0.15, -0.1) is 0 Å². The lowest BCUT2D eigenvalue weighted by Crippen LogP contribution is -2.27. The fourth-order valence-electron chi connectivity index (χ4n) is 2.35. The summed E-state index contributed by atoms with van der Waals surface area (Å²) in [6, 6.07) is 10.2. The Balaban J connectivity index is 1.87. The molecule has 0 fully saturated rings. The molecule has 0 aliphatic rings. The monoisotopic (exact) mass is 357 g/mol. The molecule has 132 valence electrons. The summed E-state index contributed by atoms with van der Waals surface area (Å²) in [5.41, 5.74) is 6.03. The molecule has 0 aliphatic heterocycles. The number of carbonyl (C=O) groups excluding carboxylic acids is 2. The lowest BCUT2D eigenvalue weighted by atomic mass is 10.1. The number of hydrogen-bond donors (Lipinski definition) is 1. The number of ether oxygens (including phenoxy) is 1. The highest BCUT2D eigenvalue weighted by atomic mass is 19.1. The summed E-state index contributed by atoms with van der Waals surface area (Å²) in [6.45, 7) is 0. The molecule has 26 heavy (non-hydrogen) atoms. The van der Waals surface area contributed by atoms with Crippen molar-refractivity contribution in [3.63, 3.8) is 0 Å². The second-order valence-corrected chi connectivity index (χ2v) is 5.36. The Morgan fingerprint density at radius 1 is 1.00 bits per heavy atom. The van der Waals surface area contributed by atoms with Crippen LogP contribution >= 0.6 is 0 Å². The van der Waals surface area contributed by atoms with E-state index in [1.807, 2.05) is 0 Å². The maximum atomic E-state index is 13.1. The Kier molecular flexibility index (Phi) is 4.74. The molecule has 2 aromatic carbocycles. The first-order chi connectivity index (χ1) is 12.5. The number of hydrogen-bond acceptors (Lipinski definition) is 4. The zero-order valence-corrected chi connectivity index (χ0v) is 13.3. The first-order valence-electron chi connectivity index (χ1n) is 7.50. The first-order valence-corrected chi connectivity index (χ1v) is 7.50. The average molecular weight is 357 g/mol. The van der Waals surface area contributed by atoms with Crippen molar-refractivity contribution >= 4 is 11.9 Å². The predicted octanol–water partition coefficient (Wildman–Crippen LogP) is 2.53. The molecule has 0 unspecified atom stereocenters. The number of nitrogens with zero attached hydrogens (tertiary/aromatic N) is 2. The lowest BCUT2D eigenvalue weighted by Gasteiger charge is -2.15. The van der Waals surface area contributed by atoms with Gasteiger partial charge in [0.25, 0.3) is 5.91 Å². The smallest absolute Gasteiger partial charge is 0.358 e. The molecule has 3 aromatic rings. The second kappa shape index (κ2) is 7.14. The van der Waals surface area contributed by atoms with Crippen molar-refractivity contribution in [3.05, 3.63) is 83.9 Å². The summed E-state index contributed by atoms with van der Waals surface area (Å²) in [5, 5.41) is 0. The highest BCUT2D eigenvalue weighted by Crippen LogP contribution is 2.21. The van der Waals surface area contributed by atoms with Crippen molar-refractivity contribution in [1.29, 1.82) is 0 Å². The first kappa shape index (κ1) is 17.3. The third-order valence-electron chi connectivity index (χ3n) is 3.61. The summed E-state index contributed by atoms with van der Waals surface area (Å²) in [7, 11) is 0. The summed E-state index contributed by atoms with van der Waals surface area (Å²) in [4.78, 5) is 28.0. The molecule has 1 amide bonds. The van der Waals surface area contributed by atoms with E-state index in [1.165, 1.54) is 53.5 Å². The van der Waals surface area contributed by atoms with E-state index < -0.39 is 29.6 Å². The van der Waals surface area contributed by atoms with E-state index in [9.17, 15) is 18.4 Å². The summed E-state index contributed by atoms with van der Waals surface area (Å²) in [6.07, 6.45) is 1.20. The standard InChI is InChI=1S/C18H13F2N3O3/c19-12-3-1-11(2-4-12)16(17(21)24)26-18(25)15-9-22-10-23(15)14-7-5-13(20)6-8-14/h1-10,16H,(H2,21,24)/t16-/m1/s1. The van der Waals surface area contributed by atoms with Crippen molar-refractivity contribution in [3.8, 4) is 5.69 Å². The number of benzene rings is 2. The van der Waals surface area contributed by atoms with Crippen LogP contribution < -0.4 is 5.73 Å². The van der Waals surface area contributed by atoms with Crippen LogP contribution in [-0.4, -0.2) is 21.4 Å². The third kappa shape index (κ3) is 3.59. The zero-order chi connectivity index (χ0) is 18.7. The van der Waals surface area contributed by atoms with Gasteiger partial charge in [0, 0.05) is 11.3 Å². The van der Waals surface area contributed by atoms with E-state index in [0.717, 1.165) is 12.1 Å². The van der Waals surface area contributed by atoms with Crippen LogP contribution in [0.4, 0.5) is 8.78 Å². The highest BCUT2D eigenvalue weighted by molar-refractivity contribution is 5.91. The Hall–Kier alpha value is -3.55. The van der Waals surface area contributed by atoms with Crippen molar-refractivity contribution in [2.75, 3.05) is 0 Å². The largest absolute Gasteiger partial charge is 0.443 e. The van der Waals surface area contributed by atoms with E-state index >= 15 is 0 Å². The Bertz CT molecular complexity index is 937. The number of carbonyl (C=O) groups is 2. The van der Waals surface area contributed by atoms with Gasteiger partial charge in [0.1, 0.15) is 11.6 Å². The molecule has 1 atom stereocenters. The molecule has 0 radical (unpaired) electrons. The summed E-state index contributed by atoms with van der Waals surface area (Å²) >= 11 is 0. The second-order valence-electron chi connectivity index (χ2n) is 5.36. The number of amides is 1. The maximum absolute atomic E-state index is 13.1. The van der Waals surface area contributed by atoms with Gasteiger partial charge in [0.05, 0.1) is 12.5 Å². The van der Waals surface area contributed by atoms with Crippen molar-refractivity contribution in [2.24, 2.45) is 5.73 Å². The normalized spacial score (nSPS) is 11.8. The number of halogens is 2. The molecular formula is C18H13F2N3O3. The van der Waals surface area contributed by atoms with Gasteiger partial charge in [-0.25, -0.2) is 18.6 Å². The highest BCUT2D eigenvalue weighted by Gasteiger charge is 2.25. The van der Waals surface area contributed by atoms with Crippen LogP contribution in [0, 0.1) is 11.6 Å². The number of nitrogens with two attached hydrogens (primary N) is 1. The molecule has 0 spiro atoms. The van der Waals surface area contributed by atoms with Crippen LogP contribution in [0.1, 0.15) is 22.2 Å². The Labute approximate surface area is 146 Å². The van der Waals surface area contributed by atoms with Gasteiger partial charge in [0.15, 0.2) is 5.69 Å². The van der Waals surface area contributed by atoms with Crippen molar-refractivity contribution < 1.29 is 23.1 Å². The minimum Gasteiger partial charge on any atom is -0.443 e.